The second-order valence-corrected chi connectivity index (χ2v) is 2.27. The van der Waals surface area contributed by atoms with Crippen LogP contribution < -0.4 is 5.73 Å². The lowest BCUT2D eigenvalue weighted by Gasteiger charge is -2.01. The van der Waals surface area contributed by atoms with E-state index in [2.05, 4.69) is 11.7 Å². The van der Waals surface area contributed by atoms with Crippen molar-refractivity contribution in [3.8, 4) is 0 Å². The molecular formula is C8H15NO2. The lowest BCUT2D eigenvalue weighted by Crippen LogP contribution is -2.29. The second-order valence-electron chi connectivity index (χ2n) is 2.27. The number of ether oxygens (including phenoxy) is 1. The Hall–Kier alpha value is -0.830. The van der Waals surface area contributed by atoms with Crippen molar-refractivity contribution in [3.05, 3.63) is 12.2 Å². The molecule has 1 atom stereocenters. The topological polar surface area (TPSA) is 52.3 Å². The zero-order chi connectivity index (χ0) is 8.69. The molecule has 0 saturated heterocycles. The third-order valence-corrected chi connectivity index (χ3v) is 1.27. The standard InChI is InChI=1S/C8H15NO2/c1-3-4-5-6-7(9)8(10)11-2/h5-7H,3-4,9H2,1-2H3/b6-5-. The molecule has 2 N–H and O–H groups in total. The van der Waals surface area contributed by atoms with Crippen LogP contribution in [0.3, 0.4) is 0 Å². The van der Waals surface area contributed by atoms with E-state index in [0.717, 1.165) is 12.8 Å². The van der Waals surface area contributed by atoms with Crippen LogP contribution in [0, 0.1) is 0 Å². The molecule has 0 bridgehead atoms. The number of hydrogen-bond donors (Lipinski definition) is 1. The van der Waals surface area contributed by atoms with E-state index in [1.54, 1.807) is 6.08 Å². The number of unbranched alkanes of at least 4 members (excludes halogenated alkanes) is 1. The van der Waals surface area contributed by atoms with Crippen molar-refractivity contribution in [2.75, 3.05) is 7.11 Å². The number of nitrogens with two attached hydrogens (primary N) is 1. The summed E-state index contributed by atoms with van der Waals surface area (Å²) in [6.45, 7) is 2.06. The number of methoxy groups -OCH3 is 1. The Bertz CT molecular complexity index is 143. The zero-order valence-corrected chi connectivity index (χ0v) is 7.04. The van der Waals surface area contributed by atoms with Crippen molar-refractivity contribution in [1.29, 1.82) is 0 Å². The maximum Gasteiger partial charge on any atom is 0.326 e. The lowest BCUT2D eigenvalue weighted by molar-refractivity contribution is -0.140. The minimum Gasteiger partial charge on any atom is -0.468 e. The lowest BCUT2D eigenvalue weighted by atomic mass is 10.2. The molecule has 0 aliphatic heterocycles. The van der Waals surface area contributed by atoms with Gasteiger partial charge in [0.2, 0.25) is 0 Å². The normalized spacial score (nSPS) is 13.4. The SMILES string of the molecule is CCC/C=C\C(N)C(=O)OC. The average Bonchev–Trinajstić information content (AvgIpc) is 2.03. The molecule has 0 aromatic carbocycles. The Morgan fingerprint density at radius 1 is 1.73 bits per heavy atom. The molecule has 0 radical (unpaired) electrons. The van der Waals surface area contributed by atoms with Crippen molar-refractivity contribution in [2.24, 2.45) is 5.73 Å². The number of carbonyl (C=O) groups is 1. The molecule has 0 aromatic heterocycles. The number of carbonyl (C=O) groups excluding carboxylic acids is 1. The molecular weight excluding hydrogens is 142 g/mol. The molecule has 0 amide bonds. The summed E-state index contributed by atoms with van der Waals surface area (Å²) in [5.74, 6) is -0.391. The summed E-state index contributed by atoms with van der Waals surface area (Å²) in [4.78, 5) is 10.7. The summed E-state index contributed by atoms with van der Waals surface area (Å²) in [6.07, 6.45) is 5.56. The number of esters is 1. The highest BCUT2D eigenvalue weighted by Crippen LogP contribution is 1.91. The highest BCUT2D eigenvalue weighted by molar-refractivity contribution is 5.77. The van der Waals surface area contributed by atoms with Crippen LogP contribution in [-0.4, -0.2) is 19.1 Å². The molecule has 0 spiro atoms. The van der Waals surface area contributed by atoms with Gasteiger partial charge in [0.15, 0.2) is 0 Å². The third-order valence-electron chi connectivity index (χ3n) is 1.27. The first-order valence-corrected chi connectivity index (χ1v) is 3.72. The van der Waals surface area contributed by atoms with Gasteiger partial charge in [-0.25, -0.2) is 0 Å². The fourth-order valence-corrected chi connectivity index (χ4v) is 0.624. The summed E-state index contributed by atoms with van der Waals surface area (Å²) < 4.78 is 4.43. The van der Waals surface area contributed by atoms with E-state index in [4.69, 9.17) is 5.73 Å². The Balaban J connectivity index is 3.66. The van der Waals surface area contributed by atoms with Gasteiger partial charge in [0, 0.05) is 0 Å². The van der Waals surface area contributed by atoms with Gasteiger partial charge >= 0.3 is 5.97 Å². The van der Waals surface area contributed by atoms with E-state index in [1.807, 2.05) is 6.08 Å². The predicted octanol–water partition coefficient (Wildman–Crippen LogP) is 0.843. The van der Waals surface area contributed by atoms with Crippen molar-refractivity contribution < 1.29 is 9.53 Å². The van der Waals surface area contributed by atoms with E-state index in [1.165, 1.54) is 7.11 Å². The highest BCUT2D eigenvalue weighted by Gasteiger charge is 2.07. The van der Waals surface area contributed by atoms with Crippen LogP contribution >= 0.6 is 0 Å². The first kappa shape index (κ1) is 10.2. The molecule has 64 valence electrons. The summed E-state index contributed by atoms with van der Waals surface area (Å²) in [6, 6.07) is -0.605. The first-order chi connectivity index (χ1) is 5.22. The first-order valence-electron chi connectivity index (χ1n) is 3.72. The average molecular weight is 157 g/mol. The van der Waals surface area contributed by atoms with Crippen LogP contribution in [0.4, 0.5) is 0 Å². The molecule has 3 heteroatoms. The summed E-state index contributed by atoms with van der Waals surface area (Å²) >= 11 is 0. The molecule has 0 rings (SSSR count). The van der Waals surface area contributed by atoms with E-state index in [9.17, 15) is 4.79 Å². The quantitative estimate of drug-likeness (QED) is 0.486. The van der Waals surface area contributed by atoms with Gasteiger partial charge in [-0.1, -0.05) is 25.5 Å². The zero-order valence-electron chi connectivity index (χ0n) is 7.04. The van der Waals surface area contributed by atoms with Crippen molar-refractivity contribution in [1.82, 2.24) is 0 Å². The van der Waals surface area contributed by atoms with Gasteiger partial charge in [0.1, 0.15) is 6.04 Å². The van der Waals surface area contributed by atoms with E-state index < -0.39 is 12.0 Å². The maximum atomic E-state index is 10.7. The third kappa shape index (κ3) is 4.56. The summed E-state index contributed by atoms with van der Waals surface area (Å²) in [5, 5.41) is 0. The largest absolute Gasteiger partial charge is 0.468 e. The van der Waals surface area contributed by atoms with Crippen LogP contribution in [-0.2, 0) is 9.53 Å². The molecule has 0 fully saturated rings. The van der Waals surface area contributed by atoms with Gasteiger partial charge in [0.05, 0.1) is 7.11 Å². The summed E-state index contributed by atoms with van der Waals surface area (Å²) in [7, 11) is 1.33. The van der Waals surface area contributed by atoms with Crippen LogP contribution in [0.25, 0.3) is 0 Å². The van der Waals surface area contributed by atoms with Gasteiger partial charge in [0.25, 0.3) is 0 Å². The van der Waals surface area contributed by atoms with Crippen molar-refractivity contribution in [2.45, 2.75) is 25.8 Å². The number of hydrogen-bond acceptors (Lipinski definition) is 3. The van der Waals surface area contributed by atoms with Gasteiger partial charge in [-0.05, 0) is 6.42 Å². The molecule has 0 heterocycles. The van der Waals surface area contributed by atoms with Crippen LogP contribution in [0.1, 0.15) is 19.8 Å². The van der Waals surface area contributed by atoms with Crippen molar-refractivity contribution >= 4 is 5.97 Å². The summed E-state index contributed by atoms with van der Waals surface area (Å²) in [5.41, 5.74) is 5.41. The Labute approximate surface area is 67.2 Å². The molecule has 0 aliphatic carbocycles. The molecule has 0 aromatic rings. The predicted molar refractivity (Wildman–Crippen MR) is 44.0 cm³/mol. The highest BCUT2D eigenvalue weighted by atomic mass is 16.5. The van der Waals surface area contributed by atoms with E-state index in [0.29, 0.717) is 0 Å². The van der Waals surface area contributed by atoms with Crippen molar-refractivity contribution in [3.63, 3.8) is 0 Å². The number of rotatable bonds is 4. The smallest absolute Gasteiger partial charge is 0.326 e. The molecule has 0 saturated carbocycles. The monoisotopic (exact) mass is 157 g/mol. The van der Waals surface area contributed by atoms with E-state index >= 15 is 0 Å². The number of allylic oxidation sites excluding steroid dienone is 1. The fourth-order valence-electron chi connectivity index (χ4n) is 0.624. The van der Waals surface area contributed by atoms with Gasteiger partial charge in [-0.3, -0.25) is 4.79 Å². The Morgan fingerprint density at radius 3 is 2.82 bits per heavy atom. The van der Waals surface area contributed by atoms with Crippen LogP contribution in [0.15, 0.2) is 12.2 Å². The Kier molecular flexibility index (Phi) is 5.47. The molecule has 0 aliphatic rings. The van der Waals surface area contributed by atoms with Crippen LogP contribution in [0.5, 0.6) is 0 Å². The minimum absolute atomic E-state index is 0.391. The second kappa shape index (κ2) is 5.92. The minimum atomic E-state index is -0.605. The van der Waals surface area contributed by atoms with E-state index in [-0.39, 0.29) is 0 Å². The molecule has 1 unspecified atom stereocenters. The Morgan fingerprint density at radius 2 is 2.36 bits per heavy atom. The molecule has 3 nitrogen and oxygen atoms in total. The van der Waals surface area contributed by atoms with Gasteiger partial charge < -0.3 is 10.5 Å². The fraction of sp³-hybridized carbons (Fsp3) is 0.625. The van der Waals surface area contributed by atoms with Gasteiger partial charge in [-0.15, -0.1) is 0 Å². The maximum absolute atomic E-state index is 10.7. The molecule has 11 heavy (non-hydrogen) atoms. The van der Waals surface area contributed by atoms with Crippen LogP contribution in [0.2, 0.25) is 0 Å². The van der Waals surface area contributed by atoms with Gasteiger partial charge in [-0.2, -0.15) is 0 Å².